The summed E-state index contributed by atoms with van der Waals surface area (Å²) in [6.07, 6.45) is 0.422. The Bertz CT molecular complexity index is 254. The average Bonchev–Trinajstić information content (AvgIpc) is 2.15. The average molecular weight is 244 g/mol. The van der Waals surface area contributed by atoms with Crippen LogP contribution < -0.4 is 10.6 Å². The molecule has 0 aliphatic heterocycles. The standard InChI is InChI=1S/C12H24N2O3/c1-8(2)5-6-13-11(15)9(3)7-10(4)14-12(16)17/h8-10,14H,5-7H2,1-4H3,(H,13,15)(H,16,17). The van der Waals surface area contributed by atoms with Crippen molar-refractivity contribution in [2.45, 2.75) is 46.6 Å². The second kappa shape index (κ2) is 7.92. The quantitative estimate of drug-likeness (QED) is 0.639. The van der Waals surface area contributed by atoms with E-state index in [0.29, 0.717) is 18.9 Å². The van der Waals surface area contributed by atoms with Gasteiger partial charge in [0.25, 0.3) is 0 Å². The van der Waals surface area contributed by atoms with Crippen LogP contribution in [0.1, 0.15) is 40.5 Å². The first-order valence-electron chi connectivity index (χ1n) is 6.10. The van der Waals surface area contributed by atoms with Crippen molar-refractivity contribution < 1.29 is 14.7 Å². The predicted molar refractivity (Wildman–Crippen MR) is 66.9 cm³/mol. The maximum Gasteiger partial charge on any atom is 0.404 e. The molecule has 0 saturated heterocycles. The molecule has 100 valence electrons. The van der Waals surface area contributed by atoms with E-state index >= 15 is 0 Å². The van der Waals surface area contributed by atoms with Crippen LogP contribution in [0.15, 0.2) is 0 Å². The fraction of sp³-hybridized carbons (Fsp3) is 0.833. The fourth-order valence-corrected chi connectivity index (χ4v) is 1.57. The van der Waals surface area contributed by atoms with Crippen LogP contribution in [0.4, 0.5) is 4.79 Å². The van der Waals surface area contributed by atoms with E-state index in [4.69, 9.17) is 5.11 Å². The monoisotopic (exact) mass is 244 g/mol. The molecular formula is C12H24N2O3. The number of carbonyl (C=O) groups is 2. The third-order valence-corrected chi connectivity index (χ3v) is 2.55. The minimum absolute atomic E-state index is 0.00955. The van der Waals surface area contributed by atoms with Crippen LogP contribution >= 0.6 is 0 Å². The van der Waals surface area contributed by atoms with Gasteiger partial charge in [-0.25, -0.2) is 4.79 Å². The zero-order chi connectivity index (χ0) is 13.4. The number of hydrogen-bond acceptors (Lipinski definition) is 2. The molecule has 0 aromatic heterocycles. The molecule has 0 heterocycles. The van der Waals surface area contributed by atoms with E-state index in [1.54, 1.807) is 6.92 Å². The van der Waals surface area contributed by atoms with Gasteiger partial charge in [-0.3, -0.25) is 4.79 Å². The van der Waals surface area contributed by atoms with Crippen molar-refractivity contribution in [2.75, 3.05) is 6.54 Å². The number of carbonyl (C=O) groups excluding carboxylic acids is 1. The molecule has 0 aromatic carbocycles. The largest absolute Gasteiger partial charge is 0.465 e. The highest BCUT2D eigenvalue weighted by atomic mass is 16.4. The van der Waals surface area contributed by atoms with Crippen molar-refractivity contribution in [3.05, 3.63) is 0 Å². The Hall–Kier alpha value is -1.26. The van der Waals surface area contributed by atoms with Crippen LogP contribution in [0, 0.1) is 11.8 Å². The second-order valence-electron chi connectivity index (χ2n) is 4.96. The Balaban J connectivity index is 3.84. The van der Waals surface area contributed by atoms with Crippen molar-refractivity contribution in [3.63, 3.8) is 0 Å². The molecule has 0 fully saturated rings. The van der Waals surface area contributed by atoms with Crippen LogP contribution in [0.2, 0.25) is 0 Å². The van der Waals surface area contributed by atoms with Gasteiger partial charge in [0, 0.05) is 18.5 Å². The minimum Gasteiger partial charge on any atom is -0.465 e. The molecule has 0 aliphatic rings. The first-order valence-corrected chi connectivity index (χ1v) is 6.10. The van der Waals surface area contributed by atoms with Crippen molar-refractivity contribution >= 4 is 12.0 Å². The van der Waals surface area contributed by atoms with Gasteiger partial charge in [-0.2, -0.15) is 0 Å². The van der Waals surface area contributed by atoms with Gasteiger partial charge in [-0.05, 0) is 25.7 Å². The molecule has 0 aromatic rings. The van der Waals surface area contributed by atoms with Gasteiger partial charge in [0.15, 0.2) is 0 Å². The summed E-state index contributed by atoms with van der Waals surface area (Å²) >= 11 is 0. The SMILES string of the molecule is CC(C)CCNC(=O)C(C)CC(C)NC(=O)O. The van der Waals surface area contributed by atoms with Crippen LogP contribution in [-0.2, 0) is 4.79 Å². The molecule has 0 bridgehead atoms. The van der Waals surface area contributed by atoms with Gasteiger partial charge in [-0.1, -0.05) is 20.8 Å². The number of amides is 2. The normalized spacial score (nSPS) is 14.2. The lowest BCUT2D eigenvalue weighted by molar-refractivity contribution is -0.124. The highest BCUT2D eigenvalue weighted by Crippen LogP contribution is 2.06. The van der Waals surface area contributed by atoms with Gasteiger partial charge in [0.05, 0.1) is 0 Å². The summed E-state index contributed by atoms with van der Waals surface area (Å²) in [4.78, 5) is 22.1. The molecule has 0 rings (SSSR count). The molecule has 0 saturated carbocycles. The molecule has 3 N–H and O–H groups in total. The molecule has 5 nitrogen and oxygen atoms in total. The predicted octanol–water partition coefficient (Wildman–Crippen LogP) is 1.83. The summed E-state index contributed by atoms with van der Waals surface area (Å²) in [7, 11) is 0. The third kappa shape index (κ3) is 8.54. The third-order valence-electron chi connectivity index (χ3n) is 2.55. The van der Waals surface area contributed by atoms with E-state index in [-0.39, 0.29) is 17.9 Å². The van der Waals surface area contributed by atoms with Crippen molar-refractivity contribution in [1.82, 2.24) is 10.6 Å². The van der Waals surface area contributed by atoms with Crippen molar-refractivity contribution in [2.24, 2.45) is 11.8 Å². The van der Waals surface area contributed by atoms with E-state index < -0.39 is 6.09 Å². The van der Waals surface area contributed by atoms with Gasteiger partial charge >= 0.3 is 6.09 Å². The lowest BCUT2D eigenvalue weighted by Crippen LogP contribution is -2.37. The highest BCUT2D eigenvalue weighted by molar-refractivity contribution is 5.78. The number of carboxylic acid groups (broad SMARTS) is 1. The Labute approximate surface area is 103 Å². The van der Waals surface area contributed by atoms with Crippen LogP contribution in [0.3, 0.4) is 0 Å². The van der Waals surface area contributed by atoms with E-state index in [0.717, 1.165) is 6.42 Å². The van der Waals surface area contributed by atoms with Crippen molar-refractivity contribution in [1.29, 1.82) is 0 Å². The highest BCUT2D eigenvalue weighted by Gasteiger charge is 2.16. The Morgan fingerprint density at radius 1 is 1.18 bits per heavy atom. The van der Waals surface area contributed by atoms with E-state index in [1.165, 1.54) is 0 Å². The maximum atomic E-state index is 11.7. The smallest absolute Gasteiger partial charge is 0.404 e. The zero-order valence-corrected chi connectivity index (χ0v) is 11.1. The Morgan fingerprint density at radius 3 is 2.24 bits per heavy atom. The van der Waals surface area contributed by atoms with Gasteiger partial charge in [0.2, 0.25) is 5.91 Å². The second-order valence-corrected chi connectivity index (χ2v) is 4.96. The maximum absolute atomic E-state index is 11.7. The number of nitrogens with one attached hydrogen (secondary N) is 2. The molecule has 17 heavy (non-hydrogen) atoms. The van der Waals surface area contributed by atoms with Gasteiger partial charge in [0.1, 0.15) is 0 Å². The summed E-state index contributed by atoms with van der Waals surface area (Å²) < 4.78 is 0. The van der Waals surface area contributed by atoms with Crippen LogP contribution in [0.25, 0.3) is 0 Å². The molecule has 2 atom stereocenters. The molecule has 0 aliphatic carbocycles. The number of rotatable bonds is 7. The Morgan fingerprint density at radius 2 is 1.76 bits per heavy atom. The van der Waals surface area contributed by atoms with E-state index in [2.05, 4.69) is 24.5 Å². The minimum atomic E-state index is -1.05. The van der Waals surface area contributed by atoms with Crippen LogP contribution in [-0.4, -0.2) is 29.7 Å². The summed E-state index contributed by atoms with van der Waals surface area (Å²) in [5.41, 5.74) is 0. The summed E-state index contributed by atoms with van der Waals surface area (Å²) in [6.45, 7) is 8.46. The molecule has 0 spiro atoms. The molecule has 0 radical (unpaired) electrons. The van der Waals surface area contributed by atoms with E-state index in [9.17, 15) is 9.59 Å². The molecule has 2 unspecified atom stereocenters. The van der Waals surface area contributed by atoms with Gasteiger partial charge in [-0.15, -0.1) is 0 Å². The lowest BCUT2D eigenvalue weighted by atomic mass is 10.0. The van der Waals surface area contributed by atoms with Crippen LogP contribution in [0.5, 0.6) is 0 Å². The summed E-state index contributed by atoms with van der Waals surface area (Å²) in [5.74, 6) is 0.381. The lowest BCUT2D eigenvalue weighted by Gasteiger charge is -2.17. The van der Waals surface area contributed by atoms with E-state index in [1.807, 2.05) is 6.92 Å². The summed E-state index contributed by atoms with van der Waals surface area (Å²) in [6, 6.07) is -0.210. The topological polar surface area (TPSA) is 78.4 Å². The molecular weight excluding hydrogens is 220 g/mol. The molecule has 5 heteroatoms. The fourth-order valence-electron chi connectivity index (χ4n) is 1.57. The zero-order valence-electron chi connectivity index (χ0n) is 11.1. The first kappa shape index (κ1) is 15.7. The first-order chi connectivity index (χ1) is 7.82. The molecule has 2 amide bonds. The van der Waals surface area contributed by atoms with Gasteiger partial charge < -0.3 is 15.7 Å². The van der Waals surface area contributed by atoms with Crippen molar-refractivity contribution in [3.8, 4) is 0 Å². The Kier molecular flexibility index (Phi) is 7.34. The summed E-state index contributed by atoms with van der Waals surface area (Å²) in [5, 5.41) is 13.7. The number of hydrogen-bond donors (Lipinski definition) is 3.